The molecule has 0 saturated heterocycles. The van der Waals surface area contributed by atoms with Gasteiger partial charge in [0.15, 0.2) is 17.5 Å². The Hall–Kier alpha value is -8.71. The predicted octanol–water partition coefficient (Wildman–Crippen LogP) is 16.7. The Kier molecular flexibility index (Phi) is 8.38. The van der Waals surface area contributed by atoms with Crippen LogP contribution in [0.25, 0.3) is 137 Å². The van der Waals surface area contributed by atoms with Gasteiger partial charge in [0.25, 0.3) is 0 Å². The Morgan fingerprint density at radius 1 is 0.358 bits per heavy atom. The van der Waals surface area contributed by atoms with Gasteiger partial charge >= 0.3 is 0 Å². The van der Waals surface area contributed by atoms with Crippen molar-refractivity contribution in [3.63, 3.8) is 0 Å². The Bertz CT molecular complexity index is 4280. The molecule has 5 nitrogen and oxygen atoms in total. The molecule has 0 bridgehead atoms. The van der Waals surface area contributed by atoms with Crippen LogP contribution in [0.4, 0.5) is 0 Å². The third kappa shape index (κ3) is 6.11. The van der Waals surface area contributed by atoms with Crippen LogP contribution in [0.1, 0.15) is 0 Å². The summed E-state index contributed by atoms with van der Waals surface area (Å²) in [4.78, 5) is 15.2. The van der Waals surface area contributed by atoms with Gasteiger partial charge in [0, 0.05) is 69.7 Å². The average Bonchev–Trinajstić information content (AvgIpc) is 4.08. The van der Waals surface area contributed by atoms with E-state index in [4.69, 9.17) is 19.4 Å². The minimum atomic E-state index is 0.583. The molecule has 0 N–H and O–H groups in total. The highest BCUT2D eigenvalue weighted by Gasteiger charge is 2.20. The largest absolute Gasteiger partial charge is 0.456 e. The SMILES string of the molecule is c1ccc(-c2nc(-c3ccc(-n4c5ccc6ccccc6c5c5cccc(-c6cccc(-c7ccc8c(c7)sc7ccccc78)c6)c54)cc3)nc(-c3ccc4c(c3)oc3ccccc34)n2)cc1. The highest BCUT2D eigenvalue weighted by molar-refractivity contribution is 7.25. The van der Waals surface area contributed by atoms with Gasteiger partial charge in [-0.2, -0.15) is 0 Å². The van der Waals surface area contributed by atoms with E-state index in [1.54, 1.807) is 0 Å². The van der Waals surface area contributed by atoms with Crippen molar-refractivity contribution in [2.45, 2.75) is 0 Å². The smallest absolute Gasteiger partial charge is 0.164 e. The molecule has 0 unspecified atom stereocenters. The second-order valence-electron chi connectivity index (χ2n) is 17.1. The van der Waals surface area contributed by atoms with Gasteiger partial charge in [-0.1, -0.05) is 152 Å². The first kappa shape index (κ1) is 37.6. The number of para-hydroxylation sites is 2. The van der Waals surface area contributed by atoms with Crippen LogP contribution in [0.15, 0.2) is 223 Å². The van der Waals surface area contributed by atoms with Crippen molar-refractivity contribution in [1.82, 2.24) is 19.5 Å². The van der Waals surface area contributed by atoms with Gasteiger partial charge in [-0.15, -0.1) is 11.3 Å². The lowest BCUT2D eigenvalue weighted by Gasteiger charge is -2.14. The molecule has 6 heteroatoms. The fourth-order valence-electron chi connectivity index (χ4n) is 10.1. The van der Waals surface area contributed by atoms with E-state index in [0.717, 1.165) is 60.9 Å². The first-order valence-electron chi connectivity index (χ1n) is 22.5. The molecule has 0 aliphatic rings. The quantitative estimate of drug-likeness (QED) is 0.167. The van der Waals surface area contributed by atoms with Gasteiger partial charge in [-0.3, -0.25) is 0 Å². The summed E-state index contributed by atoms with van der Waals surface area (Å²) in [7, 11) is 0. The number of furan rings is 1. The standard InChI is InChI=1S/C61H36N4OS/c1-2-13-38(14-3-1)59-62-60(64-61(63-59)43-27-31-48-47-18-6-8-22-53(47)66-54(48)35-43)39-24-29-44(30-25-39)65-52-33-28-37-12-4-5-17-45(37)57(52)51-21-11-20-46(58(51)65)42-16-10-15-40(34-42)41-26-32-50-49-19-7-9-23-55(49)67-56(50)36-41/h1-36H. The number of hydrogen-bond donors (Lipinski definition) is 0. The zero-order valence-electron chi connectivity index (χ0n) is 35.9. The molecule has 0 spiro atoms. The number of rotatable bonds is 6. The summed E-state index contributed by atoms with van der Waals surface area (Å²) < 4.78 is 11.3. The van der Waals surface area contributed by atoms with E-state index in [0.29, 0.717) is 17.5 Å². The van der Waals surface area contributed by atoms with E-state index in [-0.39, 0.29) is 0 Å². The molecular formula is C61H36N4OS. The van der Waals surface area contributed by atoms with Crippen molar-refractivity contribution in [3.8, 4) is 62.1 Å². The first-order chi connectivity index (χ1) is 33.2. The number of fused-ring (bicyclic) bond motifs is 11. The third-order valence-electron chi connectivity index (χ3n) is 13.3. The molecule has 0 amide bonds. The summed E-state index contributed by atoms with van der Waals surface area (Å²) in [5, 5.41) is 9.66. The van der Waals surface area contributed by atoms with Crippen LogP contribution >= 0.6 is 11.3 Å². The number of hydrogen-bond acceptors (Lipinski definition) is 5. The number of thiophene rings is 1. The van der Waals surface area contributed by atoms with Gasteiger partial charge < -0.3 is 8.98 Å². The first-order valence-corrected chi connectivity index (χ1v) is 23.3. The molecule has 0 aliphatic carbocycles. The van der Waals surface area contributed by atoms with Gasteiger partial charge in [-0.05, 0) is 94.2 Å². The highest BCUT2D eigenvalue weighted by Crippen LogP contribution is 2.43. The van der Waals surface area contributed by atoms with Crippen molar-refractivity contribution in [2.24, 2.45) is 0 Å². The van der Waals surface area contributed by atoms with Crippen molar-refractivity contribution in [2.75, 3.05) is 0 Å². The molecule has 0 saturated carbocycles. The lowest BCUT2D eigenvalue weighted by atomic mass is 9.96. The zero-order valence-corrected chi connectivity index (χ0v) is 36.7. The lowest BCUT2D eigenvalue weighted by Crippen LogP contribution is -2.00. The summed E-state index contributed by atoms with van der Waals surface area (Å²) >= 11 is 1.86. The van der Waals surface area contributed by atoms with Crippen molar-refractivity contribution in [1.29, 1.82) is 0 Å². The molecule has 0 fully saturated rings. The summed E-state index contributed by atoms with van der Waals surface area (Å²) in [5.74, 6) is 1.79. The second-order valence-corrected chi connectivity index (χ2v) is 18.2. The summed E-state index contributed by atoms with van der Waals surface area (Å²) in [6.07, 6.45) is 0. The fourth-order valence-corrected chi connectivity index (χ4v) is 11.2. The number of nitrogens with zero attached hydrogens (tertiary/aromatic N) is 4. The normalized spacial score (nSPS) is 11.9. The van der Waals surface area contributed by atoms with Gasteiger partial charge in [0.05, 0.1) is 11.0 Å². The molecule has 0 atom stereocenters. The molecule has 0 aliphatic heterocycles. The van der Waals surface area contributed by atoms with Crippen molar-refractivity contribution >= 4 is 86.0 Å². The zero-order chi connectivity index (χ0) is 44.0. The summed E-state index contributed by atoms with van der Waals surface area (Å²) in [6.45, 7) is 0. The van der Waals surface area contributed by atoms with E-state index in [1.165, 1.54) is 58.4 Å². The van der Waals surface area contributed by atoms with Crippen molar-refractivity contribution in [3.05, 3.63) is 218 Å². The van der Waals surface area contributed by atoms with Crippen LogP contribution in [0, 0.1) is 0 Å². The molecule has 0 radical (unpaired) electrons. The Morgan fingerprint density at radius 2 is 0.955 bits per heavy atom. The van der Waals surface area contributed by atoms with Gasteiger partial charge in [-0.25, -0.2) is 15.0 Å². The average molecular weight is 873 g/mol. The molecule has 14 aromatic rings. The topological polar surface area (TPSA) is 56.7 Å². The van der Waals surface area contributed by atoms with Gasteiger partial charge in [0.2, 0.25) is 0 Å². The molecule has 14 rings (SSSR count). The minimum absolute atomic E-state index is 0.583. The van der Waals surface area contributed by atoms with Crippen LogP contribution in [0.3, 0.4) is 0 Å². The maximum atomic E-state index is 6.29. The van der Waals surface area contributed by atoms with Crippen LogP contribution in [0.5, 0.6) is 0 Å². The summed E-state index contributed by atoms with van der Waals surface area (Å²) in [5.41, 5.74) is 12.4. The van der Waals surface area contributed by atoms with Crippen LogP contribution in [0.2, 0.25) is 0 Å². The molecule has 312 valence electrons. The van der Waals surface area contributed by atoms with E-state index in [2.05, 4.69) is 168 Å². The van der Waals surface area contributed by atoms with Crippen LogP contribution < -0.4 is 0 Å². The second kappa shape index (κ2) is 14.9. The Balaban J connectivity index is 0.920. The summed E-state index contributed by atoms with van der Waals surface area (Å²) in [6, 6.07) is 77.7. The van der Waals surface area contributed by atoms with Crippen LogP contribution in [-0.4, -0.2) is 19.5 Å². The Morgan fingerprint density at radius 3 is 1.82 bits per heavy atom. The Labute approximate surface area is 388 Å². The third-order valence-corrected chi connectivity index (χ3v) is 14.4. The highest BCUT2D eigenvalue weighted by atomic mass is 32.1. The van der Waals surface area contributed by atoms with Crippen LogP contribution in [-0.2, 0) is 0 Å². The van der Waals surface area contributed by atoms with E-state index in [1.807, 2.05) is 65.9 Å². The number of benzene rings is 10. The van der Waals surface area contributed by atoms with E-state index < -0.39 is 0 Å². The van der Waals surface area contributed by atoms with E-state index in [9.17, 15) is 0 Å². The molecular weight excluding hydrogens is 837 g/mol. The monoisotopic (exact) mass is 872 g/mol. The maximum absolute atomic E-state index is 6.29. The molecule has 4 heterocycles. The maximum Gasteiger partial charge on any atom is 0.164 e. The fraction of sp³-hybridized carbons (Fsp3) is 0. The minimum Gasteiger partial charge on any atom is -0.456 e. The van der Waals surface area contributed by atoms with Crippen molar-refractivity contribution < 1.29 is 4.42 Å². The predicted molar refractivity (Wildman–Crippen MR) is 279 cm³/mol. The van der Waals surface area contributed by atoms with E-state index >= 15 is 0 Å². The molecule has 4 aromatic heterocycles. The number of aromatic nitrogens is 4. The van der Waals surface area contributed by atoms with Gasteiger partial charge in [0.1, 0.15) is 11.2 Å². The molecule has 10 aromatic carbocycles. The lowest BCUT2D eigenvalue weighted by molar-refractivity contribution is 0.669. The molecule has 67 heavy (non-hydrogen) atoms.